The molecule has 0 atom stereocenters. The zero-order chi connectivity index (χ0) is 17.6. The summed E-state index contributed by atoms with van der Waals surface area (Å²) < 4.78 is 5.55. The monoisotopic (exact) mass is 334 g/mol. The van der Waals surface area contributed by atoms with Crippen molar-refractivity contribution in [2.75, 3.05) is 11.9 Å². The minimum absolute atomic E-state index is 0.0820. The fourth-order valence-electron chi connectivity index (χ4n) is 2.51. The van der Waals surface area contributed by atoms with Crippen LogP contribution in [0.5, 0.6) is 5.75 Å². The predicted octanol–water partition coefficient (Wildman–Crippen LogP) is 2.89. The van der Waals surface area contributed by atoms with Crippen molar-refractivity contribution >= 4 is 28.3 Å². The summed E-state index contributed by atoms with van der Waals surface area (Å²) in [7, 11) is 0. The number of nitrogens with two attached hydrogens (primary N) is 1. The number of anilines is 1. The molecular weight excluding hydrogens is 316 g/mol. The van der Waals surface area contributed by atoms with Gasteiger partial charge in [-0.15, -0.1) is 0 Å². The number of rotatable bonds is 6. The highest BCUT2D eigenvalue weighted by atomic mass is 16.5. The van der Waals surface area contributed by atoms with Crippen molar-refractivity contribution in [3.63, 3.8) is 0 Å². The van der Waals surface area contributed by atoms with E-state index in [0.717, 1.165) is 16.3 Å². The lowest BCUT2D eigenvalue weighted by Gasteiger charge is -2.09. The number of carbonyl (C=O) groups is 2. The van der Waals surface area contributed by atoms with Crippen LogP contribution in [0.25, 0.3) is 10.8 Å². The summed E-state index contributed by atoms with van der Waals surface area (Å²) in [5.74, 6) is 0.00189. The number of amides is 2. The third-order valence-electron chi connectivity index (χ3n) is 3.71. The molecule has 126 valence electrons. The maximum absolute atomic E-state index is 12.0. The number of hydrogen-bond donors (Lipinski definition) is 2. The van der Waals surface area contributed by atoms with E-state index in [1.54, 1.807) is 24.3 Å². The van der Waals surface area contributed by atoms with Crippen molar-refractivity contribution in [2.24, 2.45) is 5.73 Å². The van der Waals surface area contributed by atoms with Gasteiger partial charge in [0.25, 0.3) is 5.91 Å². The standard InChI is InChI=1S/C20H18N2O3/c21-19(23)11-14-5-8-17(9-6-14)22-20(24)13-25-18-10-7-15-3-1-2-4-16(15)12-18/h1-10,12H,11,13H2,(H2,21,23)(H,22,24). The summed E-state index contributed by atoms with van der Waals surface area (Å²) in [6, 6.07) is 20.6. The van der Waals surface area contributed by atoms with Crippen molar-refractivity contribution in [1.29, 1.82) is 0 Å². The minimum atomic E-state index is -0.388. The third kappa shape index (κ3) is 4.57. The Labute approximate surface area is 145 Å². The van der Waals surface area contributed by atoms with Gasteiger partial charge < -0.3 is 15.8 Å². The lowest BCUT2D eigenvalue weighted by Crippen LogP contribution is -2.20. The number of primary amides is 1. The van der Waals surface area contributed by atoms with Crippen LogP contribution >= 0.6 is 0 Å². The van der Waals surface area contributed by atoms with Crippen molar-refractivity contribution in [1.82, 2.24) is 0 Å². The summed E-state index contributed by atoms with van der Waals surface area (Å²) >= 11 is 0. The molecular formula is C20H18N2O3. The second-order valence-corrected chi connectivity index (χ2v) is 5.69. The number of hydrogen-bond acceptors (Lipinski definition) is 3. The number of fused-ring (bicyclic) bond motifs is 1. The van der Waals surface area contributed by atoms with Crippen LogP contribution in [0, 0.1) is 0 Å². The molecule has 0 unspecified atom stereocenters. The molecule has 0 aromatic heterocycles. The van der Waals surface area contributed by atoms with Gasteiger partial charge >= 0.3 is 0 Å². The summed E-state index contributed by atoms with van der Waals surface area (Å²) in [5.41, 5.74) is 6.59. The predicted molar refractivity (Wildman–Crippen MR) is 97.4 cm³/mol. The number of carbonyl (C=O) groups excluding carboxylic acids is 2. The smallest absolute Gasteiger partial charge is 0.262 e. The average molecular weight is 334 g/mol. The van der Waals surface area contributed by atoms with E-state index in [1.807, 2.05) is 42.5 Å². The minimum Gasteiger partial charge on any atom is -0.484 e. The molecule has 3 aromatic carbocycles. The van der Waals surface area contributed by atoms with Crippen LogP contribution in [0.4, 0.5) is 5.69 Å². The normalized spacial score (nSPS) is 10.4. The Kier molecular flexibility index (Phi) is 4.95. The first-order valence-electron chi connectivity index (χ1n) is 7.89. The fraction of sp³-hybridized carbons (Fsp3) is 0.100. The molecule has 3 rings (SSSR count). The highest BCUT2D eigenvalue weighted by molar-refractivity contribution is 5.92. The third-order valence-corrected chi connectivity index (χ3v) is 3.71. The molecule has 3 N–H and O–H groups in total. The molecule has 0 heterocycles. The molecule has 3 aromatic rings. The Balaban J connectivity index is 1.55. The first kappa shape index (κ1) is 16.5. The number of benzene rings is 3. The Bertz CT molecular complexity index is 904. The average Bonchev–Trinajstić information content (AvgIpc) is 2.61. The van der Waals surface area contributed by atoms with Gasteiger partial charge in [0.15, 0.2) is 6.61 Å². The van der Waals surface area contributed by atoms with Crippen LogP contribution in [0.2, 0.25) is 0 Å². The molecule has 0 aliphatic carbocycles. The van der Waals surface area contributed by atoms with Crippen LogP contribution in [-0.4, -0.2) is 18.4 Å². The van der Waals surface area contributed by atoms with E-state index in [-0.39, 0.29) is 24.8 Å². The van der Waals surface area contributed by atoms with Crippen molar-refractivity contribution in [3.8, 4) is 5.75 Å². The molecule has 0 bridgehead atoms. The highest BCUT2D eigenvalue weighted by Crippen LogP contribution is 2.20. The van der Waals surface area contributed by atoms with Crippen LogP contribution in [0.15, 0.2) is 66.7 Å². The second kappa shape index (κ2) is 7.49. The van der Waals surface area contributed by atoms with Crippen LogP contribution in [0.1, 0.15) is 5.56 Å². The molecule has 0 aliphatic rings. The molecule has 2 amide bonds. The van der Waals surface area contributed by atoms with Crippen molar-refractivity contribution in [2.45, 2.75) is 6.42 Å². The lowest BCUT2D eigenvalue weighted by atomic mass is 10.1. The molecule has 0 saturated carbocycles. The number of nitrogens with one attached hydrogen (secondary N) is 1. The summed E-state index contributed by atoms with van der Waals surface area (Å²) in [5, 5.41) is 4.93. The molecule has 0 fully saturated rings. The van der Waals surface area contributed by atoms with Crippen molar-refractivity contribution < 1.29 is 14.3 Å². The van der Waals surface area contributed by atoms with Gasteiger partial charge in [-0.1, -0.05) is 42.5 Å². The molecule has 25 heavy (non-hydrogen) atoms. The fourth-order valence-corrected chi connectivity index (χ4v) is 2.51. The van der Waals surface area contributed by atoms with Gasteiger partial charge in [-0.2, -0.15) is 0 Å². The first-order chi connectivity index (χ1) is 12.1. The van der Waals surface area contributed by atoms with E-state index < -0.39 is 0 Å². The van der Waals surface area contributed by atoms with Gasteiger partial charge in [0.05, 0.1) is 6.42 Å². The van der Waals surface area contributed by atoms with E-state index in [9.17, 15) is 9.59 Å². The lowest BCUT2D eigenvalue weighted by molar-refractivity contribution is -0.118. The topological polar surface area (TPSA) is 81.4 Å². The van der Waals surface area contributed by atoms with E-state index in [1.165, 1.54) is 0 Å². The Morgan fingerprint density at radius 1 is 0.920 bits per heavy atom. The quantitative estimate of drug-likeness (QED) is 0.727. The SMILES string of the molecule is NC(=O)Cc1ccc(NC(=O)COc2ccc3ccccc3c2)cc1. The van der Waals surface area contributed by atoms with Gasteiger partial charge in [-0.3, -0.25) is 9.59 Å². The van der Waals surface area contributed by atoms with E-state index in [0.29, 0.717) is 11.4 Å². The maximum atomic E-state index is 12.0. The largest absolute Gasteiger partial charge is 0.484 e. The van der Waals surface area contributed by atoms with Crippen LogP contribution < -0.4 is 15.8 Å². The molecule has 5 heteroatoms. The zero-order valence-electron chi connectivity index (χ0n) is 13.6. The van der Waals surface area contributed by atoms with E-state index in [4.69, 9.17) is 10.5 Å². The molecule has 0 spiro atoms. The van der Waals surface area contributed by atoms with E-state index >= 15 is 0 Å². The molecule has 0 radical (unpaired) electrons. The van der Waals surface area contributed by atoms with E-state index in [2.05, 4.69) is 5.32 Å². The number of ether oxygens (including phenoxy) is 1. The zero-order valence-corrected chi connectivity index (χ0v) is 13.6. The molecule has 0 saturated heterocycles. The van der Waals surface area contributed by atoms with Crippen LogP contribution in [-0.2, 0) is 16.0 Å². The highest BCUT2D eigenvalue weighted by Gasteiger charge is 2.05. The summed E-state index contributed by atoms with van der Waals surface area (Å²) in [4.78, 5) is 22.9. The van der Waals surface area contributed by atoms with Gasteiger partial charge in [0, 0.05) is 5.69 Å². The maximum Gasteiger partial charge on any atom is 0.262 e. The summed E-state index contributed by atoms with van der Waals surface area (Å²) in [6.45, 7) is -0.0820. The van der Waals surface area contributed by atoms with Crippen LogP contribution in [0.3, 0.4) is 0 Å². The Hall–Kier alpha value is -3.34. The Morgan fingerprint density at radius 2 is 1.64 bits per heavy atom. The van der Waals surface area contributed by atoms with Gasteiger partial charge in [-0.25, -0.2) is 0 Å². The second-order valence-electron chi connectivity index (χ2n) is 5.69. The Morgan fingerprint density at radius 3 is 2.36 bits per heavy atom. The molecule has 0 aliphatic heterocycles. The van der Waals surface area contributed by atoms with Gasteiger partial charge in [0.2, 0.25) is 5.91 Å². The van der Waals surface area contributed by atoms with Crippen molar-refractivity contribution in [3.05, 3.63) is 72.3 Å². The molecule has 5 nitrogen and oxygen atoms in total. The first-order valence-corrected chi connectivity index (χ1v) is 7.89. The van der Waals surface area contributed by atoms with Gasteiger partial charge in [0.1, 0.15) is 5.75 Å². The summed E-state index contributed by atoms with van der Waals surface area (Å²) in [6.07, 6.45) is 0.180. The van der Waals surface area contributed by atoms with Gasteiger partial charge in [-0.05, 0) is 40.6 Å².